The van der Waals surface area contributed by atoms with Crippen molar-refractivity contribution in [3.05, 3.63) is 11.8 Å². The molecule has 4 fully saturated rings. The van der Waals surface area contributed by atoms with E-state index >= 15 is 0 Å². The number of hydrogen-bond donors (Lipinski definition) is 0. The molecule has 0 heterocycles. The van der Waals surface area contributed by atoms with Crippen molar-refractivity contribution in [1.29, 1.82) is 0 Å². The van der Waals surface area contributed by atoms with Crippen LogP contribution in [0, 0.1) is 46.3 Å². The molecule has 286 valence electrons. The summed E-state index contributed by atoms with van der Waals surface area (Å²) in [5.41, 5.74) is -0.331. The van der Waals surface area contributed by atoms with Crippen molar-refractivity contribution in [2.24, 2.45) is 34.5 Å². The van der Waals surface area contributed by atoms with Crippen LogP contribution in [0.2, 0.25) is 0 Å². The molecule has 0 spiro atoms. The van der Waals surface area contributed by atoms with E-state index in [9.17, 15) is 25.3 Å². The second kappa shape index (κ2) is 16.7. The molecule has 2 radical (unpaired) electrons. The van der Waals surface area contributed by atoms with Gasteiger partial charge in [-0.3, -0.25) is 12.5 Å². The first-order valence-corrected chi connectivity index (χ1v) is 23.3. The van der Waals surface area contributed by atoms with Gasteiger partial charge in [0.05, 0.1) is 76.7 Å². The van der Waals surface area contributed by atoms with E-state index < -0.39 is 30.4 Å². The molecule has 4 aliphatic carbocycles. The van der Waals surface area contributed by atoms with E-state index in [1.54, 1.807) is 0 Å². The summed E-state index contributed by atoms with van der Waals surface area (Å²) in [5.74, 6) is 4.03. The van der Waals surface area contributed by atoms with Crippen molar-refractivity contribution in [3.8, 4) is 0 Å². The molecule has 49 heavy (non-hydrogen) atoms. The quantitative estimate of drug-likeness (QED) is 0.133. The average molecular weight is 757 g/mol. The van der Waals surface area contributed by atoms with E-state index in [1.807, 2.05) is 0 Å². The molecule has 4 rings (SSSR count). The molecule has 9 atom stereocenters. The van der Waals surface area contributed by atoms with E-state index in [0.29, 0.717) is 24.7 Å². The van der Waals surface area contributed by atoms with E-state index in [4.69, 9.17) is 26.8 Å². The van der Waals surface area contributed by atoms with E-state index in [2.05, 4.69) is 27.7 Å². The highest BCUT2D eigenvalue weighted by Gasteiger charge is 2.67. The zero-order valence-electron chi connectivity index (χ0n) is 30.5. The lowest BCUT2D eigenvalue weighted by Gasteiger charge is -2.64. The molecule has 0 bridgehead atoms. The zero-order chi connectivity index (χ0) is 36.3. The molecule has 15 heteroatoms. The Balaban J connectivity index is 1.62. The Morgan fingerprint density at radius 2 is 1.31 bits per heavy atom. The molecule has 4 aliphatic rings. The van der Waals surface area contributed by atoms with E-state index in [-0.39, 0.29) is 80.6 Å². The molecule has 4 saturated carbocycles. The maximum absolute atomic E-state index is 11.7. The Morgan fingerprint density at radius 3 is 1.88 bits per heavy atom. The third-order valence-electron chi connectivity index (χ3n) is 11.9. The number of fused-ring (bicyclic) bond motifs is 5. The van der Waals surface area contributed by atoms with Crippen molar-refractivity contribution >= 4 is 30.4 Å². The summed E-state index contributed by atoms with van der Waals surface area (Å²) in [4.78, 5) is 0. The van der Waals surface area contributed by atoms with Gasteiger partial charge >= 0.3 is 0 Å². The molecule has 12 nitrogen and oxygen atoms in total. The fraction of sp³-hybridized carbons (Fsp3) is 0.941. The molecular formula is C34H60O12S3. The Hall–Kier alpha value is -0.390. The van der Waals surface area contributed by atoms with Crippen LogP contribution in [0.5, 0.6) is 0 Å². The second-order valence-corrected chi connectivity index (χ2v) is 20.2. The lowest BCUT2D eigenvalue weighted by Crippen LogP contribution is -2.62. The highest BCUT2D eigenvalue weighted by atomic mass is 32.2. The van der Waals surface area contributed by atoms with Crippen LogP contribution in [0.3, 0.4) is 0 Å². The minimum Gasteiger partial charge on any atom is -0.376 e. The third-order valence-corrected chi connectivity index (χ3v) is 13.7. The lowest BCUT2D eigenvalue weighted by molar-refractivity contribution is -0.155. The van der Waals surface area contributed by atoms with Gasteiger partial charge in [-0.25, -0.2) is 0 Å². The monoisotopic (exact) mass is 756 g/mol. The lowest BCUT2D eigenvalue weighted by atomic mass is 9.43. The summed E-state index contributed by atoms with van der Waals surface area (Å²) >= 11 is 0. The van der Waals surface area contributed by atoms with Gasteiger partial charge < -0.3 is 14.2 Å². The molecular weight excluding hydrogens is 697 g/mol. The van der Waals surface area contributed by atoms with Gasteiger partial charge in [0.15, 0.2) is 0 Å². The van der Waals surface area contributed by atoms with Gasteiger partial charge in [-0.05, 0) is 80.0 Å². The molecule has 0 aromatic heterocycles. The highest BCUT2D eigenvalue weighted by molar-refractivity contribution is 7.86. The van der Waals surface area contributed by atoms with Crippen LogP contribution < -0.4 is 0 Å². The van der Waals surface area contributed by atoms with Crippen LogP contribution in [0.25, 0.3) is 0 Å². The minimum atomic E-state index is -3.60. The number of unbranched alkanes of at least 4 members (excludes halogenated alkanes) is 1. The molecule has 0 aromatic rings. The van der Waals surface area contributed by atoms with Crippen molar-refractivity contribution in [2.45, 2.75) is 110 Å². The minimum absolute atomic E-state index is 0.0316. The average Bonchev–Trinajstić information content (AvgIpc) is 3.35. The van der Waals surface area contributed by atoms with Gasteiger partial charge in [0.1, 0.15) is 0 Å². The first-order chi connectivity index (χ1) is 22.8. The smallest absolute Gasteiger partial charge is 0.264 e. The summed E-state index contributed by atoms with van der Waals surface area (Å²) < 4.78 is 104. The van der Waals surface area contributed by atoms with Crippen LogP contribution in [0.1, 0.15) is 91.9 Å². The predicted molar refractivity (Wildman–Crippen MR) is 186 cm³/mol. The van der Waals surface area contributed by atoms with Crippen LogP contribution in [-0.4, -0.2) is 102 Å². The molecule has 0 saturated heterocycles. The first-order valence-electron chi connectivity index (χ1n) is 17.9. The Bertz CT molecular complexity index is 1400. The SMILES string of the molecule is CCCC[C@@H](C)[C@H]1CC[C@H]2[C]3[C@H](OCCOS(C)(=O)=O)C[C]4C[C@@H](OCCOS(C)(=O)=O)CC[C@]4(C)[C@H]3C[C@H](OCCOS(C)(=O)=O)[C@]12C. The molecule has 0 aliphatic heterocycles. The van der Waals surface area contributed by atoms with Crippen molar-refractivity contribution in [3.63, 3.8) is 0 Å². The number of rotatable bonds is 19. The van der Waals surface area contributed by atoms with Gasteiger partial charge in [0.25, 0.3) is 30.4 Å². The summed E-state index contributed by atoms with van der Waals surface area (Å²) in [6.45, 7) is 9.68. The van der Waals surface area contributed by atoms with Crippen LogP contribution in [0.4, 0.5) is 0 Å². The van der Waals surface area contributed by atoms with Gasteiger partial charge in [-0.1, -0.05) is 47.0 Å². The Morgan fingerprint density at radius 1 is 0.735 bits per heavy atom. The normalized spacial score (nSPS) is 35.1. The van der Waals surface area contributed by atoms with E-state index in [1.165, 1.54) is 11.8 Å². The number of hydrogen-bond acceptors (Lipinski definition) is 12. The van der Waals surface area contributed by atoms with Crippen LogP contribution in [-0.2, 0) is 57.1 Å². The van der Waals surface area contributed by atoms with Crippen molar-refractivity contribution in [1.82, 2.24) is 0 Å². The fourth-order valence-electron chi connectivity index (χ4n) is 9.79. The predicted octanol–water partition coefficient (Wildman–Crippen LogP) is 4.69. The first kappa shape index (κ1) is 41.4. The topological polar surface area (TPSA) is 158 Å². The largest absolute Gasteiger partial charge is 0.376 e. The van der Waals surface area contributed by atoms with Crippen LogP contribution in [0.15, 0.2) is 0 Å². The van der Waals surface area contributed by atoms with Gasteiger partial charge in [0.2, 0.25) is 0 Å². The molecule has 0 aromatic carbocycles. The highest BCUT2D eigenvalue weighted by Crippen LogP contribution is 2.70. The summed E-state index contributed by atoms with van der Waals surface area (Å²) in [6.07, 6.45) is 12.1. The second-order valence-electron chi connectivity index (χ2n) is 15.3. The van der Waals surface area contributed by atoms with Crippen LogP contribution >= 0.6 is 0 Å². The molecule has 0 N–H and O–H groups in total. The van der Waals surface area contributed by atoms with Gasteiger partial charge in [0, 0.05) is 11.3 Å². The van der Waals surface area contributed by atoms with Crippen molar-refractivity contribution < 1.29 is 52.0 Å². The molecule has 0 unspecified atom stereocenters. The standard InChI is InChI=1S/C34H60O12S3/c1-8-9-10-24(2)27-11-12-28-32-29(23-31(34(27,28)4)43-17-20-46-49(7,39)40)33(3)14-13-26(41-15-18-44-47(5,35)36)21-25(33)22-30(32)42-16-19-45-48(6,37)38/h24,26-31H,8-23H2,1-7H3/t24-,26+,27-,28+,29+,30-,31+,33+,34-/m1/s1. The van der Waals surface area contributed by atoms with Crippen molar-refractivity contribution in [2.75, 3.05) is 58.4 Å². The summed E-state index contributed by atoms with van der Waals surface area (Å²) in [7, 11) is -10.7. The van der Waals surface area contributed by atoms with Gasteiger partial charge in [-0.2, -0.15) is 25.3 Å². The van der Waals surface area contributed by atoms with E-state index in [0.717, 1.165) is 70.1 Å². The molecule has 0 amide bonds. The maximum atomic E-state index is 11.7. The van der Waals surface area contributed by atoms with Gasteiger partial charge in [-0.15, -0.1) is 0 Å². The Kier molecular flexibility index (Phi) is 14.1. The number of ether oxygens (including phenoxy) is 3. The summed E-state index contributed by atoms with van der Waals surface area (Å²) in [5, 5.41) is 0. The third kappa shape index (κ3) is 10.6. The zero-order valence-corrected chi connectivity index (χ0v) is 32.9. The Labute approximate surface area is 296 Å². The fourth-order valence-corrected chi connectivity index (χ4v) is 10.9. The summed E-state index contributed by atoms with van der Waals surface area (Å²) in [6, 6.07) is 0. The maximum Gasteiger partial charge on any atom is 0.264 e.